The molecule has 11 heteroatoms. The number of thiocarbonyl (C=S) groups is 1. The quantitative estimate of drug-likeness (QED) is 0.310. The van der Waals surface area contributed by atoms with E-state index in [1.54, 1.807) is 0 Å². The summed E-state index contributed by atoms with van der Waals surface area (Å²) >= 11 is 8.47. The molecule has 0 heterocycles. The second-order valence-electron chi connectivity index (χ2n) is 6.84. The minimum atomic E-state index is -0.574. The van der Waals surface area contributed by atoms with Crippen LogP contribution in [0.25, 0.3) is 0 Å². The Kier molecular flexibility index (Phi) is 8.46. The van der Waals surface area contributed by atoms with Gasteiger partial charge in [0.2, 0.25) is 0 Å². The van der Waals surface area contributed by atoms with Gasteiger partial charge in [-0.1, -0.05) is 29.8 Å². The number of nitrogens with zero attached hydrogens (tertiary/aromatic N) is 1. The fourth-order valence-electron chi connectivity index (χ4n) is 2.50. The van der Waals surface area contributed by atoms with E-state index >= 15 is 0 Å². The van der Waals surface area contributed by atoms with Crippen molar-refractivity contribution in [1.29, 1.82) is 0 Å². The number of carbonyl (C=O) groups is 2. The van der Waals surface area contributed by atoms with E-state index in [1.807, 2.05) is 32.9 Å². The third-order valence-corrected chi connectivity index (χ3v) is 5.21. The highest BCUT2D eigenvalue weighted by molar-refractivity contribution is 9.10. The smallest absolute Gasteiger partial charge is 0.269 e. The van der Waals surface area contributed by atoms with Crippen molar-refractivity contribution >= 4 is 50.8 Å². The lowest BCUT2D eigenvalue weighted by atomic mass is 10.0. The molecule has 0 aliphatic carbocycles. The maximum atomic E-state index is 12.1. The summed E-state index contributed by atoms with van der Waals surface area (Å²) in [5, 5.41) is 12.9. The summed E-state index contributed by atoms with van der Waals surface area (Å²) in [5.74, 6) is -0.268. The standard InChI is InChI=1S/C20H21BrN4O5S/c1-11(2)15-9-16(21)12(3)8-17(15)30-10-18(26)22-20(31)24-23-19(27)13-4-6-14(7-5-13)25(28)29/h4-9,11H,10H2,1-3H3,(H,23,27)(H2,22,24,26,31). The topological polar surface area (TPSA) is 123 Å². The van der Waals surface area contributed by atoms with Gasteiger partial charge in [0.25, 0.3) is 17.5 Å². The lowest BCUT2D eigenvalue weighted by Gasteiger charge is -2.16. The molecule has 0 aliphatic rings. The molecule has 0 aliphatic heterocycles. The average molecular weight is 509 g/mol. The number of ether oxygens (including phenoxy) is 1. The zero-order valence-corrected chi connectivity index (χ0v) is 19.4. The fourth-order valence-corrected chi connectivity index (χ4v) is 3.03. The predicted molar refractivity (Wildman–Crippen MR) is 123 cm³/mol. The van der Waals surface area contributed by atoms with E-state index < -0.39 is 16.7 Å². The zero-order chi connectivity index (χ0) is 23.1. The van der Waals surface area contributed by atoms with Crippen LogP contribution in [0.2, 0.25) is 0 Å². The number of nitrogens with one attached hydrogen (secondary N) is 3. The summed E-state index contributed by atoms with van der Waals surface area (Å²) in [5.41, 5.74) is 6.69. The van der Waals surface area contributed by atoms with E-state index in [1.165, 1.54) is 24.3 Å². The third kappa shape index (κ3) is 7.00. The molecule has 2 rings (SSSR count). The van der Waals surface area contributed by atoms with Gasteiger partial charge in [0.05, 0.1) is 4.92 Å². The normalized spacial score (nSPS) is 10.4. The van der Waals surface area contributed by atoms with E-state index in [2.05, 4.69) is 32.1 Å². The molecule has 164 valence electrons. The average Bonchev–Trinajstić information content (AvgIpc) is 2.72. The summed E-state index contributed by atoms with van der Waals surface area (Å²) in [6.07, 6.45) is 0. The SMILES string of the molecule is Cc1cc(OCC(=O)NC(=S)NNC(=O)c2ccc([N+](=O)[O-])cc2)c(C(C)C)cc1Br. The highest BCUT2D eigenvalue weighted by Gasteiger charge is 2.14. The van der Waals surface area contributed by atoms with Gasteiger partial charge in [-0.05, 0) is 60.5 Å². The van der Waals surface area contributed by atoms with Crippen LogP contribution in [0.3, 0.4) is 0 Å². The number of carbonyl (C=O) groups excluding carboxylic acids is 2. The molecule has 0 fully saturated rings. The van der Waals surface area contributed by atoms with Crippen LogP contribution in [0.1, 0.15) is 41.3 Å². The Morgan fingerprint density at radius 1 is 1.19 bits per heavy atom. The predicted octanol–water partition coefficient (Wildman–Crippen LogP) is 3.50. The lowest BCUT2D eigenvalue weighted by Crippen LogP contribution is -2.49. The van der Waals surface area contributed by atoms with Crippen LogP contribution < -0.4 is 20.9 Å². The largest absolute Gasteiger partial charge is 0.483 e. The Labute approximate surface area is 192 Å². The highest BCUT2D eigenvalue weighted by atomic mass is 79.9. The van der Waals surface area contributed by atoms with Gasteiger partial charge in [-0.15, -0.1) is 0 Å². The minimum Gasteiger partial charge on any atom is -0.483 e. The van der Waals surface area contributed by atoms with Gasteiger partial charge in [-0.3, -0.25) is 35.9 Å². The number of non-ortho nitro benzene ring substituents is 1. The van der Waals surface area contributed by atoms with Crippen molar-refractivity contribution < 1.29 is 19.2 Å². The summed E-state index contributed by atoms with van der Waals surface area (Å²) in [4.78, 5) is 34.3. The molecule has 0 atom stereocenters. The molecular formula is C20H21BrN4O5S. The first-order valence-corrected chi connectivity index (χ1v) is 10.4. The van der Waals surface area contributed by atoms with Gasteiger partial charge in [-0.2, -0.15) is 0 Å². The lowest BCUT2D eigenvalue weighted by molar-refractivity contribution is -0.384. The first-order valence-electron chi connectivity index (χ1n) is 9.16. The van der Waals surface area contributed by atoms with E-state index in [4.69, 9.17) is 17.0 Å². The number of benzene rings is 2. The molecule has 0 aromatic heterocycles. The Bertz CT molecular complexity index is 1010. The van der Waals surface area contributed by atoms with Crippen LogP contribution in [0, 0.1) is 17.0 Å². The highest BCUT2D eigenvalue weighted by Crippen LogP contribution is 2.32. The third-order valence-electron chi connectivity index (χ3n) is 4.15. The van der Waals surface area contributed by atoms with Crippen molar-refractivity contribution in [2.45, 2.75) is 26.7 Å². The Morgan fingerprint density at radius 2 is 1.84 bits per heavy atom. The van der Waals surface area contributed by atoms with Crippen LogP contribution in [-0.2, 0) is 4.79 Å². The molecule has 0 spiro atoms. The number of aryl methyl sites for hydroxylation is 1. The number of amides is 2. The van der Waals surface area contributed by atoms with Crippen LogP contribution >= 0.6 is 28.1 Å². The first-order chi connectivity index (χ1) is 14.6. The van der Waals surface area contributed by atoms with Gasteiger partial charge in [-0.25, -0.2) is 0 Å². The minimum absolute atomic E-state index is 0.125. The molecule has 2 amide bonds. The molecular weight excluding hydrogens is 488 g/mol. The molecule has 0 unspecified atom stereocenters. The zero-order valence-electron chi connectivity index (χ0n) is 17.0. The van der Waals surface area contributed by atoms with Gasteiger partial charge in [0.1, 0.15) is 5.75 Å². The van der Waals surface area contributed by atoms with Crippen LogP contribution in [-0.4, -0.2) is 28.5 Å². The summed E-state index contributed by atoms with van der Waals surface area (Å²) in [6, 6.07) is 8.85. The molecule has 0 radical (unpaired) electrons. The number of rotatable bonds is 6. The summed E-state index contributed by atoms with van der Waals surface area (Å²) in [7, 11) is 0. The first kappa shape index (κ1) is 24.2. The number of nitro groups is 1. The van der Waals surface area contributed by atoms with Crippen LogP contribution in [0.15, 0.2) is 40.9 Å². The van der Waals surface area contributed by atoms with E-state index in [0.717, 1.165) is 15.6 Å². The molecule has 9 nitrogen and oxygen atoms in total. The number of hydrogen-bond donors (Lipinski definition) is 3. The van der Waals surface area contributed by atoms with Gasteiger partial charge >= 0.3 is 0 Å². The van der Waals surface area contributed by atoms with E-state index in [0.29, 0.717) is 5.75 Å². The number of hydrogen-bond acceptors (Lipinski definition) is 6. The molecule has 0 saturated heterocycles. The van der Waals surface area contributed by atoms with Crippen LogP contribution in [0.4, 0.5) is 5.69 Å². The molecule has 0 saturated carbocycles. The summed E-state index contributed by atoms with van der Waals surface area (Å²) < 4.78 is 6.62. The van der Waals surface area contributed by atoms with Crippen molar-refractivity contribution in [2.75, 3.05) is 6.61 Å². The molecule has 31 heavy (non-hydrogen) atoms. The monoisotopic (exact) mass is 508 g/mol. The van der Waals surface area contributed by atoms with E-state index in [-0.39, 0.29) is 28.9 Å². The van der Waals surface area contributed by atoms with Gasteiger partial charge in [0, 0.05) is 22.2 Å². The second kappa shape index (κ2) is 10.8. The maximum absolute atomic E-state index is 12.1. The number of nitro benzene ring substituents is 1. The Hall–Kier alpha value is -3.05. The Morgan fingerprint density at radius 3 is 2.42 bits per heavy atom. The molecule has 2 aromatic carbocycles. The van der Waals surface area contributed by atoms with Crippen molar-refractivity contribution in [3.8, 4) is 5.75 Å². The second-order valence-corrected chi connectivity index (χ2v) is 8.11. The van der Waals surface area contributed by atoms with Crippen molar-refractivity contribution in [3.05, 3.63) is 67.7 Å². The summed E-state index contributed by atoms with van der Waals surface area (Å²) in [6.45, 7) is 5.71. The molecule has 2 aromatic rings. The van der Waals surface area contributed by atoms with Crippen molar-refractivity contribution in [2.24, 2.45) is 0 Å². The number of halogens is 1. The molecule has 0 bridgehead atoms. The van der Waals surface area contributed by atoms with Crippen LogP contribution in [0.5, 0.6) is 5.75 Å². The van der Waals surface area contributed by atoms with Crippen molar-refractivity contribution in [3.63, 3.8) is 0 Å². The van der Waals surface area contributed by atoms with Gasteiger partial charge < -0.3 is 4.74 Å². The van der Waals surface area contributed by atoms with Crippen molar-refractivity contribution in [1.82, 2.24) is 16.2 Å². The van der Waals surface area contributed by atoms with E-state index in [9.17, 15) is 19.7 Å². The van der Waals surface area contributed by atoms with Gasteiger partial charge in [0.15, 0.2) is 11.7 Å². The maximum Gasteiger partial charge on any atom is 0.269 e. The number of hydrazine groups is 1. The Balaban J connectivity index is 1.85. The fraction of sp³-hybridized carbons (Fsp3) is 0.250. The molecule has 3 N–H and O–H groups in total.